The molecule has 2 amide bonds. The van der Waals surface area contributed by atoms with Crippen molar-refractivity contribution in [3.63, 3.8) is 0 Å². The van der Waals surface area contributed by atoms with Gasteiger partial charge >= 0.3 is 0 Å². The van der Waals surface area contributed by atoms with Gasteiger partial charge < -0.3 is 0 Å². The van der Waals surface area contributed by atoms with Gasteiger partial charge in [-0.05, 0) is 17.7 Å². The number of fused-ring (bicyclic) bond motifs is 1. The van der Waals surface area contributed by atoms with E-state index in [0.717, 1.165) is 5.56 Å². The van der Waals surface area contributed by atoms with Gasteiger partial charge in [0.05, 0.1) is 29.9 Å². The summed E-state index contributed by atoms with van der Waals surface area (Å²) in [6.07, 6.45) is 3.31. The molecular formula is C18H14N4O2. The second-order valence-corrected chi connectivity index (χ2v) is 5.58. The molecule has 4 rings (SSSR count). The summed E-state index contributed by atoms with van der Waals surface area (Å²) < 4.78 is 1.67. The van der Waals surface area contributed by atoms with Crippen molar-refractivity contribution in [1.82, 2.24) is 19.9 Å². The largest absolute Gasteiger partial charge is 0.272 e. The number of aromatic nitrogens is 3. The Bertz CT molecular complexity index is 855. The predicted molar refractivity (Wildman–Crippen MR) is 86.4 cm³/mol. The lowest BCUT2D eigenvalue weighted by Gasteiger charge is -2.23. The van der Waals surface area contributed by atoms with E-state index in [-0.39, 0.29) is 24.4 Å². The number of imide groups is 1. The van der Waals surface area contributed by atoms with Crippen LogP contribution < -0.4 is 0 Å². The standard InChI is InChI=1S/C18H14N4O2/c23-17-14-8-4-5-9-15(14)18(24)21(17)12-16(22-11-10-19-20-22)13-6-2-1-3-7-13/h1-11,16H,12H2. The fourth-order valence-electron chi connectivity index (χ4n) is 2.98. The Labute approximate surface area is 138 Å². The second-order valence-electron chi connectivity index (χ2n) is 5.58. The molecule has 6 nitrogen and oxygen atoms in total. The molecule has 2 aromatic carbocycles. The van der Waals surface area contributed by atoms with Crippen molar-refractivity contribution in [1.29, 1.82) is 0 Å². The van der Waals surface area contributed by atoms with Crippen molar-refractivity contribution in [3.05, 3.63) is 83.7 Å². The highest BCUT2D eigenvalue weighted by molar-refractivity contribution is 6.21. The molecule has 118 valence electrons. The van der Waals surface area contributed by atoms with Crippen LogP contribution in [0.5, 0.6) is 0 Å². The third-order valence-corrected chi connectivity index (χ3v) is 4.18. The first-order chi connectivity index (χ1) is 11.8. The average Bonchev–Trinajstić information content (AvgIpc) is 3.23. The average molecular weight is 318 g/mol. The summed E-state index contributed by atoms with van der Waals surface area (Å²) in [4.78, 5) is 26.5. The molecule has 0 aliphatic carbocycles. The normalized spacial score (nSPS) is 14.8. The van der Waals surface area contributed by atoms with Crippen molar-refractivity contribution in [3.8, 4) is 0 Å². The fourth-order valence-corrected chi connectivity index (χ4v) is 2.98. The van der Waals surface area contributed by atoms with Crippen LogP contribution in [0.4, 0.5) is 0 Å². The minimum Gasteiger partial charge on any atom is -0.272 e. The van der Waals surface area contributed by atoms with Crippen LogP contribution in [0.25, 0.3) is 0 Å². The minimum absolute atomic E-state index is 0.208. The highest BCUT2D eigenvalue weighted by Gasteiger charge is 2.37. The number of hydrogen-bond acceptors (Lipinski definition) is 4. The molecule has 6 heteroatoms. The quantitative estimate of drug-likeness (QED) is 0.691. The van der Waals surface area contributed by atoms with E-state index in [1.54, 1.807) is 41.3 Å². The lowest BCUT2D eigenvalue weighted by atomic mass is 10.1. The number of rotatable bonds is 4. The molecule has 2 heterocycles. The predicted octanol–water partition coefficient (Wildman–Crippen LogP) is 2.16. The Morgan fingerprint density at radius 3 is 2.08 bits per heavy atom. The number of hydrogen-bond donors (Lipinski definition) is 0. The van der Waals surface area contributed by atoms with Crippen LogP contribution in [0.3, 0.4) is 0 Å². The summed E-state index contributed by atoms with van der Waals surface area (Å²) in [7, 11) is 0. The van der Waals surface area contributed by atoms with Crippen LogP contribution in [0, 0.1) is 0 Å². The van der Waals surface area contributed by atoms with E-state index in [1.165, 1.54) is 4.90 Å². The molecule has 1 atom stereocenters. The first-order valence-corrected chi connectivity index (χ1v) is 7.61. The maximum absolute atomic E-state index is 12.6. The molecule has 0 bridgehead atoms. The zero-order valence-electron chi connectivity index (χ0n) is 12.7. The Morgan fingerprint density at radius 1 is 0.875 bits per heavy atom. The molecule has 1 aromatic heterocycles. The van der Waals surface area contributed by atoms with Crippen LogP contribution in [-0.4, -0.2) is 38.3 Å². The zero-order valence-corrected chi connectivity index (χ0v) is 12.7. The Kier molecular flexibility index (Phi) is 3.42. The number of amides is 2. The van der Waals surface area contributed by atoms with E-state index in [4.69, 9.17) is 0 Å². The molecule has 24 heavy (non-hydrogen) atoms. The number of nitrogens with zero attached hydrogens (tertiary/aromatic N) is 4. The zero-order chi connectivity index (χ0) is 16.5. The smallest absolute Gasteiger partial charge is 0.261 e. The molecular weight excluding hydrogens is 304 g/mol. The van der Waals surface area contributed by atoms with Gasteiger partial charge in [-0.3, -0.25) is 14.5 Å². The summed E-state index contributed by atoms with van der Waals surface area (Å²) in [6.45, 7) is 0.208. The fraction of sp³-hybridized carbons (Fsp3) is 0.111. The van der Waals surface area contributed by atoms with Crippen molar-refractivity contribution < 1.29 is 9.59 Å². The van der Waals surface area contributed by atoms with Crippen molar-refractivity contribution in [2.24, 2.45) is 0 Å². The van der Waals surface area contributed by atoms with E-state index in [2.05, 4.69) is 10.3 Å². The molecule has 0 saturated heterocycles. The van der Waals surface area contributed by atoms with Gasteiger partial charge in [0.2, 0.25) is 0 Å². The monoisotopic (exact) mass is 318 g/mol. The van der Waals surface area contributed by atoms with Crippen molar-refractivity contribution in [2.45, 2.75) is 6.04 Å². The lowest BCUT2D eigenvalue weighted by molar-refractivity contribution is 0.0637. The highest BCUT2D eigenvalue weighted by atomic mass is 16.2. The molecule has 1 aliphatic heterocycles. The second kappa shape index (κ2) is 5.73. The summed E-state index contributed by atoms with van der Waals surface area (Å²) in [5, 5.41) is 7.90. The summed E-state index contributed by atoms with van der Waals surface area (Å²) in [5.41, 5.74) is 1.86. The van der Waals surface area contributed by atoms with Crippen LogP contribution in [0.2, 0.25) is 0 Å². The van der Waals surface area contributed by atoms with Gasteiger partial charge in [-0.1, -0.05) is 47.7 Å². The van der Waals surface area contributed by atoms with Gasteiger partial charge in [0, 0.05) is 6.20 Å². The van der Waals surface area contributed by atoms with E-state index in [9.17, 15) is 9.59 Å². The van der Waals surface area contributed by atoms with E-state index < -0.39 is 0 Å². The van der Waals surface area contributed by atoms with Gasteiger partial charge in [0.1, 0.15) is 0 Å². The van der Waals surface area contributed by atoms with Gasteiger partial charge in [-0.15, -0.1) is 5.10 Å². The molecule has 1 unspecified atom stereocenters. The van der Waals surface area contributed by atoms with Crippen LogP contribution in [0.15, 0.2) is 67.0 Å². The third kappa shape index (κ3) is 2.28. The molecule has 0 radical (unpaired) electrons. The highest BCUT2D eigenvalue weighted by Crippen LogP contribution is 2.26. The number of benzene rings is 2. The van der Waals surface area contributed by atoms with Crippen LogP contribution >= 0.6 is 0 Å². The van der Waals surface area contributed by atoms with Gasteiger partial charge in [-0.2, -0.15) is 0 Å². The summed E-state index contributed by atoms with van der Waals surface area (Å²) >= 11 is 0. The SMILES string of the molecule is O=C1c2ccccc2C(=O)N1CC(c1ccccc1)n1ccnn1. The van der Waals surface area contributed by atoms with Crippen molar-refractivity contribution in [2.75, 3.05) is 6.54 Å². The molecule has 0 N–H and O–H groups in total. The van der Waals surface area contributed by atoms with Gasteiger partial charge in [-0.25, -0.2) is 4.68 Å². The summed E-state index contributed by atoms with van der Waals surface area (Å²) in [5.74, 6) is -0.534. The summed E-state index contributed by atoms with van der Waals surface area (Å²) in [6, 6.07) is 16.3. The Hall–Kier alpha value is -3.28. The maximum Gasteiger partial charge on any atom is 0.261 e. The lowest BCUT2D eigenvalue weighted by Crippen LogP contribution is -2.36. The molecule has 0 fully saturated rings. The van der Waals surface area contributed by atoms with Crippen LogP contribution in [0.1, 0.15) is 32.3 Å². The van der Waals surface area contributed by atoms with E-state index in [0.29, 0.717) is 11.1 Å². The number of carbonyl (C=O) groups excluding carboxylic acids is 2. The topological polar surface area (TPSA) is 68.1 Å². The maximum atomic E-state index is 12.6. The van der Waals surface area contributed by atoms with Crippen LogP contribution in [-0.2, 0) is 0 Å². The van der Waals surface area contributed by atoms with Crippen molar-refractivity contribution >= 4 is 11.8 Å². The van der Waals surface area contributed by atoms with Gasteiger partial charge in [0.15, 0.2) is 0 Å². The molecule has 3 aromatic rings. The molecule has 1 aliphatic rings. The van der Waals surface area contributed by atoms with E-state index in [1.807, 2.05) is 30.3 Å². The first-order valence-electron chi connectivity index (χ1n) is 7.61. The van der Waals surface area contributed by atoms with Gasteiger partial charge in [0.25, 0.3) is 11.8 Å². The van der Waals surface area contributed by atoms with E-state index >= 15 is 0 Å². The minimum atomic E-state index is -0.282. The Balaban J connectivity index is 1.70. The third-order valence-electron chi connectivity index (χ3n) is 4.18. The molecule has 0 spiro atoms. The number of carbonyl (C=O) groups is 2. The molecule has 0 saturated carbocycles. The first kappa shape index (κ1) is 14.3. The Morgan fingerprint density at radius 2 is 1.50 bits per heavy atom.